The number of ether oxygens (including phenoxy) is 2. The number of fused-ring (bicyclic) bond motifs is 1. The number of benzene rings is 3. The van der Waals surface area contributed by atoms with Crippen LogP contribution in [0.1, 0.15) is 23.5 Å². The molecule has 2 unspecified atom stereocenters. The monoisotopic (exact) mass is 565 g/mol. The number of carbonyl (C=O) groups is 1. The Morgan fingerprint density at radius 1 is 1.10 bits per heavy atom. The van der Waals surface area contributed by atoms with Crippen molar-refractivity contribution in [1.82, 2.24) is 9.88 Å². The number of rotatable bonds is 9. The summed E-state index contributed by atoms with van der Waals surface area (Å²) in [4.78, 5) is 20.2. The number of hydrogen-bond donors (Lipinski definition) is 1. The number of esters is 1. The van der Waals surface area contributed by atoms with Crippen LogP contribution in [0.3, 0.4) is 0 Å². The van der Waals surface area contributed by atoms with Gasteiger partial charge in [0.2, 0.25) is 0 Å². The summed E-state index contributed by atoms with van der Waals surface area (Å²) in [6, 6.07) is 18.6. The smallest absolute Gasteiger partial charge is 0.309 e. The van der Waals surface area contributed by atoms with Crippen molar-refractivity contribution in [3.63, 3.8) is 0 Å². The number of likely N-dealkylation sites (tertiary alicyclic amines) is 1. The van der Waals surface area contributed by atoms with Gasteiger partial charge in [-0.05, 0) is 54.4 Å². The van der Waals surface area contributed by atoms with Crippen LogP contribution in [0.15, 0.2) is 72.9 Å². The highest BCUT2D eigenvalue weighted by atomic mass is 35.5. The first-order valence-corrected chi connectivity index (χ1v) is 13.5. The summed E-state index contributed by atoms with van der Waals surface area (Å²) >= 11 is 6.78. The summed E-state index contributed by atoms with van der Waals surface area (Å²) in [6.07, 6.45) is 2.19. The van der Waals surface area contributed by atoms with Gasteiger partial charge in [0.1, 0.15) is 24.0 Å². The lowest BCUT2D eigenvalue weighted by molar-refractivity contribution is -0.152. The molecule has 40 heavy (non-hydrogen) atoms. The van der Waals surface area contributed by atoms with Crippen molar-refractivity contribution in [2.75, 3.05) is 38.6 Å². The Morgan fingerprint density at radius 2 is 1.88 bits per heavy atom. The van der Waals surface area contributed by atoms with Crippen LogP contribution in [0.2, 0.25) is 5.02 Å². The van der Waals surface area contributed by atoms with Crippen LogP contribution in [-0.2, 0) is 16.1 Å². The van der Waals surface area contributed by atoms with E-state index in [1.54, 1.807) is 13.3 Å². The molecule has 1 aliphatic heterocycles. The van der Waals surface area contributed by atoms with Crippen LogP contribution >= 0.6 is 11.6 Å². The molecule has 0 radical (unpaired) electrons. The molecule has 1 fully saturated rings. The average molecular weight is 566 g/mol. The molecule has 1 aromatic heterocycles. The maximum absolute atomic E-state index is 13.6. The number of carbonyl (C=O) groups excluding carboxylic acids is 1. The van der Waals surface area contributed by atoms with E-state index in [9.17, 15) is 13.6 Å². The minimum absolute atomic E-state index is 0.194. The van der Waals surface area contributed by atoms with Crippen molar-refractivity contribution in [1.29, 1.82) is 0 Å². The topological polar surface area (TPSA) is 63.7 Å². The molecular weight excluding hydrogens is 536 g/mol. The van der Waals surface area contributed by atoms with E-state index in [1.165, 1.54) is 12.1 Å². The normalized spacial score (nSPS) is 17.5. The molecule has 9 heteroatoms. The van der Waals surface area contributed by atoms with Gasteiger partial charge in [0.05, 0.1) is 23.6 Å². The molecular formula is C31H30ClF2N3O3. The van der Waals surface area contributed by atoms with Gasteiger partial charge in [-0.25, -0.2) is 8.78 Å². The summed E-state index contributed by atoms with van der Waals surface area (Å²) in [5.74, 6) is -1.56. The Hall–Kier alpha value is -3.75. The van der Waals surface area contributed by atoms with E-state index >= 15 is 0 Å². The van der Waals surface area contributed by atoms with Gasteiger partial charge in [-0.3, -0.25) is 9.78 Å². The highest BCUT2D eigenvalue weighted by molar-refractivity contribution is 6.32. The molecule has 1 saturated heterocycles. The van der Waals surface area contributed by atoms with E-state index in [0.29, 0.717) is 49.1 Å². The Kier molecular flexibility index (Phi) is 8.77. The predicted octanol–water partition coefficient (Wildman–Crippen LogP) is 6.44. The van der Waals surface area contributed by atoms with Crippen molar-refractivity contribution < 1.29 is 23.0 Å². The third-order valence-corrected chi connectivity index (χ3v) is 7.58. The van der Waals surface area contributed by atoms with Crippen molar-refractivity contribution in [3.8, 4) is 5.75 Å². The van der Waals surface area contributed by atoms with Gasteiger partial charge in [0.25, 0.3) is 0 Å². The van der Waals surface area contributed by atoms with E-state index in [2.05, 4.69) is 15.2 Å². The molecule has 0 bridgehead atoms. The number of anilines is 1. The van der Waals surface area contributed by atoms with E-state index < -0.39 is 17.6 Å². The Morgan fingerprint density at radius 3 is 2.62 bits per heavy atom. The summed E-state index contributed by atoms with van der Waals surface area (Å²) in [5.41, 5.74) is 2.88. The summed E-state index contributed by atoms with van der Waals surface area (Å²) in [6.45, 7) is 2.46. The lowest BCUT2D eigenvalue weighted by atomic mass is 9.79. The molecule has 6 nitrogen and oxygen atoms in total. The van der Waals surface area contributed by atoms with E-state index in [1.807, 2.05) is 48.5 Å². The van der Waals surface area contributed by atoms with Crippen LogP contribution < -0.4 is 10.1 Å². The molecule has 208 valence electrons. The number of piperidine rings is 1. The zero-order valence-corrected chi connectivity index (χ0v) is 22.8. The van der Waals surface area contributed by atoms with Gasteiger partial charge in [0, 0.05) is 48.9 Å². The van der Waals surface area contributed by atoms with Gasteiger partial charge >= 0.3 is 5.97 Å². The summed E-state index contributed by atoms with van der Waals surface area (Å²) in [5, 5.41) is 4.39. The fourth-order valence-electron chi connectivity index (χ4n) is 5.32. The Bertz CT molecular complexity index is 1470. The van der Waals surface area contributed by atoms with Gasteiger partial charge in [0.15, 0.2) is 0 Å². The first-order valence-electron chi connectivity index (χ1n) is 13.2. The first kappa shape index (κ1) is 27.8. The molecule has 0 aliphatic carbocycles. The molecule has 0 saturated carbocycles. The molecule has 2 heterocycles. The number of pyridine rings is 1. The SMILES string of the molecule is COc1ccc2ncc(Cl)c(C3CN(CCNc4cc(F)cc(F)c4)CCC3C(=O)OCc3ccccc3)c2c1. The maximum Gasteiger partial charge on any atom is 0.309 e. The van der Waals surface area contributed by atoms with Crippen LogP contribution in [0, 0.1) is 17.6 Å². The molecule has 1 N–H and O–H groups in total. The fourth-order valence-corrected chi connectivity index (χ4v) is 5.61. The second-order valence-electron chi connectivity index (χ2n) is 9.88. The third-order valence-electron chi connectivity index (χ3n) is 7.28. The van der Waals surface area contributed by atoms with E-state index in [0.717, 1.165) is 28.1 Å². The minimum Gasteiger partial charge on any atom is -0.497 e. The van der Waals surface area contributed by atoms with Crippen molar-refractivity contribution >= 4 is 34.2 Å². The van der Waals surface area contributed by atoms with Crippen LogP contribution in [-0.4, -0.2) is 49.1 Å². The lowest BCUT2D eigenvalue weighted by Gasteiger charge is -2.38. The fraction of sp³-hybridized carbons (Fsp3) is 0.290. The molecule has 2 atom stereocenters. The van der Waals surface area contributed by atoms with Crippen molar-refractivity contribution in [2.24, 2.45) is 5.92 Å². The minimum atomic E-state index is -0.632. The number of methoxy groups -OCH3 is 1. The number of hydrogen-bond acceptors (Lipinski definition) is 6. The van der Waals surface area contributed by atoms with Gasteiger partial charge in [-0.2, -0.15) is 0 Å². The van der Waals surface area contributed by atoms with Crippen molar-refractivity contribution in [3.05, 3.63) is 101 Å². The van der Waals surface area contributed by atoms with Crippen molar-refractivity contribution in [2.45, 2.75) is 18.9 Å². The molecule has 5 rings (SSSR count). The molecule has 0 spiro atoms. The lowest BCUT2D eigenvalue weighted by Crippen LogP contribution is -2.44. The zero-order valence-electron chi connectivity index (χ0n) is 22.1. The van der Waals surface area contributed by atoms with Gasteiger partial charge in [-0.15, -0.1) is 0 Å². The van der Waals surface area contributed by atoms with Crippen LogP contribution in [0.5, 0.6) is 5.75 Å². The second kappa shape index (κ2) is 12.6. The van der Waals surface area contributed by atoms with Crippen LogP contribution in [0.4, 0.5) is 14.5 Å². The molecule has 3 aromatic carbocycles. The maximum atomic E-state index is 13.6. The molecule has 4 aromatic rings. The highest BCUT2D eigenvalue weighted by Gasteiger charge is 2.38. The number of nitrogens with zero attached hydrogens (tertiary/aromatic N) is 2. The number of halogens is 3. The largest absolute Gasteiger partial charge is 0.497 e. The highest BCUT2D eigenvalue weighted by Crippen LogP contribution is 2.41. The van der Waals surface area contributed by atoms with Crippen LogP contribution in [0.25, 0.3) is 10.9 Å². The molecule has 1 aliphatic rings. The Balaban J connectivity index is 1.39. The Labute approximate surface area is 236 Å². The second-order valence-corrected chi connectivity index (χ2v) is 10.3. The first-order chi connectivity index (χ1) is 19.4. The molecule has 0 amide bonds. The van der Waals surface area contributed by atoms with Gasteiger partial charge < -0.3 is 19.7 Å². The summed E-state index contributed by atoms with van der Waals surface area (Å²) < 4.78 is 38.4. The standard InChI is InChI=1S/C31H30ClF2N3O3/c1-39-24-7-8-29-26(16-24)30(28(32)17-36-29)27-18-37(12-10-35-23-14-21(33)13-22(34)15-23)11-9-25(27)31(38)40-19-20-5-3-2-4-6-20/h2-8,13-17,25,27,35H,9-12,18-19H2,1H3. The van der Waals surface area contributed by atoms with Gasteiger partial charge in [-0.1, -0.05) is 41.9 Å². The number of aromatic nitrogens is 1. The predicted molar refractivity (Wildman–Crippen MR) is 152 cm³/mol. The average Bonchev–Trinajstić information content (AvgIpc) is 2.95. The number of nitrogens with one attached hydrogen (secondary N) is 1. The van der Waals surface area contributed by atoms with E-state index in [4.69, 9.17) is 21.1 Å². The van der Waals surface area contributed by atoms with E-state index in [-0.39, 0.29) is 18.5 Å². The quantitative estimate of drug-likeness (QED) is 0.236. The zero-order chi connectivity index (χ0) is 28.1. The third kappa shape index (κ3) is 6.51. The summed E-state index contributed by atoms with van der Waals surface area (Å²) in [7, 11) is 1.60.